The van der Waals surface area contributed by atoms with Crippen molar-refractivity contribution in [2.75, 3.05) is 4.90 Å². The number of aryl methyl sites for hydroxylation is 1. The predicted molar refractivity (Wildman–Crippen MR) is 53.8 cm³/mol. The number of hydrogen-bond acceptors (Lipinski definition) is 3. The molecular formula is C10H11N3O2. The molecular weight excluding hydrogens is 194 g/mol. The zero-order chi connectivity index (χ0) is 10.6. The number of carbonyl (C=O) groups is 1. The average Bonchev–Trinajstić information content (AvgIpc) is 2.91. The minimum Gasteiger partial charge on any atom is -0.310 e. The number of nitrogens with one attached hydrogen (secondary N) is 1. The quantitative estimate of drug-likeness (QED) is 0.708. The summed E-state index contributed by atoms with van der Waals surface area (Å²) in [5.41, 5.74) is 0.353. The number of amides is 1. The van der Waals surface area contributed by atoms with Crippen LogP contribution in [0.25, 0.3) is 0 Å². The Kier molecular flexibility index (Phi) is 1.55. The normalized spacial score (nSPS) is 19.5. The van der Waals surface area contributed by atoms with E-state index in [0.29, 0.717) is 17.2 Å². The number of aromatic amines is 1. The number of rotatable bonds is 1. The largest absolute Gasteiger partial charge is 0.310 e. The van der Waals surface area contributed by atoms with Crippen LogP contribution in [-0.2, 0) is 11.2 Å². The van der Waals surface area contributed by atoms with Crippen LogP contribution in [0.4, 0.5) is 5.82 Å². The first kappa shape index (κ1) is 8.64. The van der Waals surface area contributed by atoms with Crippen LogP contribution in [0.2, 0.25) is 0 Å². The fourth-order valence-corrected chi connectivity index (χ4v) is 2.02. The van der Waals surface area contributed by atoms with Crippen molar-refractivity contribution in [3.63, 3.8) is 0 Å². The molecule has 1 aliphatic carbocycles. The van der Waals surface area contributed by atoms with Crippen LogP contribution in [0.5, 0.6) is 0 Å². The van der Waals surface area contributed by atoms with Gasteiger partial charge in [-0.2, -0.15) is 0 Å². The molecule has 1 aromatic rings. The number of anilines is 1. The maximum atomic E-state index is 11.7. The van der Waals surface area contributed by atoms with Crippen molar-refractivity contribution >= 4 is 11.7 Å². The Morgan fingerprint density at radius 1 is 1.40 bits per heavy atom. The highest BCUT2D eigenvalue weighted by Crippen LogP contribution is 2.35. The van der Waals surface area contributed by atoms with Crippen LogP contribution in [0.3, 0.4) is 0 Å². The topological polar surface area (TPSA) is 66.1 Å². The molecule has 0 aromatic carbocycles. The van der Waals surface area contributed by atoms with E-state index in [1.807, 2.05) is 0 Å². The summed E-state index contributed by atoms with van der Waals surface area (Å²) in [4.78, 5) is 31.9. The lowest BCUT2D eigenvalue weighted by Crippen LogP contribution is -2.29. The number of carbonyl (C=O) groups excluding carboxylic acids is 1. The van der Waals surface area contributed by atoms with Gasteiger partial charge in [0.1, 0.15) is 11.6 Å². The second-order valence-corrected chi connectivity index (χ2v) is 4.13. The maximum Gasteiger partial charge on any atom is 0.256 e. The Balaban J connectivity index is 2.19. The van der Waals surface area contributed by atoms with Gasteiger partial charge in [-0.3, -0.25) is 14.5 Å². The smallest absolute Gasteiger partial charge is 0.256 e. The summed E-state index contributed by atoms with van der Waals surface area (Å²) in [7, 11) is 0. The molecule has 0 spiro atoms. The first-order valence-corrected chi connectivity index (χ1v) is 5.08. The summed E-state index contributed by atoms with van der Waals surface area (Å²) >= 11 is 0. The highest BCUT2D eigenvalue weighted by Gasteiger charge is 2.41. The van der Waals surface area contributed by atoms with Gasteiger partial charge in [0.15, 0.2) is 0 Å². The highest BCUT2D eigenvalue weighted by molar-refractivity contribution is 6.00. The lowest BCUT2D eigenvalue weighted by Gasteiger charge is -2.14. The molecule has 15 heavy (non-hydrogen) atoms. The standard InChI is InChI=1S/C10H11N3O2/c1-5-11-9-7(10(15)12-5)4-8(14)13(9)6-2-3-6/h6H,2-4H2,1H3,(H,11,12,15). The van der Waals surface area contributed by atoms with Gasteiger partial charge in [-0.1, -0.05) is 0 Å². The summed E-state index contributed by atoms with van der Waals surface area (Å²) in [6.45, 7) is 1.73. The van der Waals surface area contributed by atoms with E-state index >= 15 is 0 Å². The van der Waals surface area contributed by atoms with Gasteiger partial charge in [0.25, 0.3) is 5.56 Å². The first-order valence-electron chi connectivity index (χ1n) is 5.08. The van der Waals surface area contributed by atoms with Crippen molar-refractivity contribution in [3.8, 4) is 0 Å². The van der Waals surface area contributed by atoms with Gasteiger partial charge in [0.2, 0.25) is 5.91 Å². The summed E-state index contributed by atoms with van der Waals surface area (Å²) < 4.78 is 0. The Morgan fingerprint density at radius 2 is 2.13 bits per heavy atom. The molecule has 0 radical (unpaired) electrons. The van der Waals surface area contributed by atoms with E-state index < -0.39 is 0 Å². The van der Waals surface area contributed by atoms with Crippen molar-refractivity contribution in [1.29, 1.82) is 0 Å². The fraction of sp³-hybridized carbons (Fsp3) is 0.500. The lowest BCUT2D eigenvalue weighted by atomic mass is 10.2. The van der Waals surface area contributed by atoms with Crippen LogP contribution in [0.1, 0.15) is 24.2 Å². The van der Waals surface area contributed by atoms with Crippen molar-refractivity contribution in [2.45, 2.75) is 32.2 Å². The van der Waals surface area contributed by atoms with Crippen LogP contribution in [0, 0.1) is 6.92 Å². The first-order chi connectivity index (χ1) is 7.16. The van der Waals surface area contributed by atoms with Crippen LogP contribution < -0.4 is 10.5 Å². The molecule has 2 heterocycles. The van der Waals surface area contributed by atoms with E-state index in [9.17, 15) is 9.59 Å². The Hall–Kier alpha value is -1.65. The second-order valence-electron chi connectivity index (χ2n) is 4.13. The van der Waals surface area contributed by atoms with E-state index in [0.717, 1.165) is 12.8 Å². The molecule has 1 aliphatic heterocycles. The van der Waals surface area contributed by atoms with Gasteiger partial charge in [-0.15, -0.1) is 0 Å². The van der Waals surface area contributed by atoms with E-state index in [2.05, 4.69) is 9.97 Å². The monoisotopic (exact) mass is 205 g/mol. The second kappa shape index (κ2) is 2.68. The van der Waals surface area contributed by atoms with Gasteiger partial charge in [-0.05, 0) is 19.8 Å². The Labute approximate surface area is 86.1 Å². The third-order valence-corrected chi connectivity index (χ3v) is 2.85. The summed E-state index contributed by atoms with van der Waals surface area (Å²) in [6, 6.07) is 0.285. The summed E-state index contributed by atoms with van der Waals surface area (Å²) in [5, 5.41) is 0. The van der Waals surface area contributed by atoms with Crippen molar-refractivity contribution in [2.24, 2.45) is 0 Å². The molecule has 0 saturated heterocycles. The molecule has 1 N–H and O–H groups in total. The predicted octanol–water partition coefficient (Wildman–Crippen LogP) is 0.130. The zero-order valence-corrected chi connectivity index (χ0v) is 8.41. The van der Waals surface area contributed by atoms with E-state index in [1.54, 1.807) is 11.8 Å². The molecule has 78 valence electrons. The van der Waals surface area contributed by atoms with Crippen LogP contribution in [-0.4, -0.2) is 21.9 Å². The number of fused-ring (bicyclic) bond motifs is 1. The fourth-order valence-electron chi connectivity index (χ4n) is 2.02. The van der Waals surface area contributed by atoms with Crippen molar-refractivity contribution in [3.05, 3.63) is 21.7 Å². The molecule has 2 aliphatic rings. The van der Waals surface area contributed by atoms with Gasteiger partial charge < -0.3 is 4.98 Å². The molecule has 0 unspecified atom stereocenters. The number of nitrogens with zero attached hydrogens (tertiary/aromatic N) is 2. The Morgan fingerprint density at radius 3 is 2.80 bits per heavy atom. The van der Waals surface area contributed by atoms with E-state index in [1.165, 1.54) is 0 Å². The van der Waals surface area contributed by atoms with Crippen LogP contribution in [0.15, 0.2) is 4.79 Å². The number of hydrogen-bond donors (Lipinski definition) is 1. The number of aromatic nitrogens is 2. The molecule has 5 nitrogen and oxygen atoms in total. The lowest BCUT2D eigenvalue weighted by molar-refractivity contribution is -0.117. The molecule has 0 bridgehead atoms. The number of H-pyrrole nitrogens is 1. The molecule has 1 amide bonds. The summed E-state index contributed by atoms with van der Waals surface area (Å²) in [6.07, 6.45) is 2.26. The average molecular weight is 205 g/mol. The minimum atomic E-state index is -0.172. The molecule has 0 atom stereocenters. The highest BCUT2D eigenvalue weighted by atomic mass is 16.2. The summed E-state index contributed by atoms with van der Waals surface area (Å²) in [5.74, 6) is 1.17. The SMILES string of the molecule is Cc1nc2c(c(=O)[nH]1)CC(=O)N2C1CC1. The molecule has 3 rings (SSSR count). The third kappa shape index (κ3) is 1.19. The maximum absolute atomic E-state index is 11.7. The molecule has 1 fully saturated rings. The van der Waals surface area contributed by atoms with Gasteiger partial charge >= 0.3 is 0 Å². The van der Waals surface area contributed by atoms with Crippen LogP contribution >= 0.6 is 0 Å². The third-order valence-electron chi connectivity index (χ3n) is 2.85. The van der Waals surface area contributed by atoms with E-state index in [-0.39, 0.29) is 23.9 Å². The van der Waals surface area contributed by atoms with Gasteiger partial charge in [0.05, 0.1) is 12.0 Å². The van der Waals surface area contributed by atoms with Gasteiger partial charge in [-0.25, -0.2) is 4.98 Å². The van der Waals surface area contributed by atoms with Crippen molar-refractivity contribution in [1.82, 2.24) is 9.97 Å². The molecule has 1 saturated carbocycles. The molecule has 5 heteroatoms. The minimum absolute atomic E-state index is 0.0103. The zero-order valence-electron chi connectivity index (χ0n) is 8.41. The Bertz CT molecular complexity index is 502. The van der Waals surface area contributed by atoms with E-state index in [4.69, 9.17) is 0 Å². The molecule has 1 aromatic heterocycles. The van der Waals surface area contributed by atoms with Gasteiger partial charge in [0, 0.05) is 6.04 Å². The van der Waals surface area contributed by atoms with Crippen molar-refractivity contribution < 1.29 is 4.79 Å².